The van der Waals surface area contributed by atoms with Crippen molar-refractivity contribution in [2.45, 2.75) is 11.2 Å². The fraction of sp³-hybridized carbons (Fsp3) is 0.333. The Labute approximate surface area is 84.9 Å². The molecule has 0 N–H and O–H groups in total. The maximum absolute atomic E-state index is 11.6. The van der Waals surface area contributed by atoms with Crippen LogP contribution in [0, 0.1) is 0 Å². The molecule has 13 heavy (non-hydrogen) atoms. The summed E-state index contributed by atoms with van der Waals surface area (Å²) in [6, 6.07) is 3.74. The number of halogens is 1. The van der Waals surface area contributed by atoms with Crippen molar-refractivity contribution in [3.8, 4) is 0 Å². The van der Waals surface area contributed by atoms with Crippen LogP contribution in [0.3, 0.4) is 0 Å². The Hall–Kier alpha value is -0.900. The summed E-state index contributed by atoms with van der Waals surface area (Å²) >= 11 is 3.33. The molecule has 1 fully saturated rings. The van der Waals surface area contributed by atoms with Crippen LogP contribution < -0.4 is 4.90 Å². The van der Waals surface area contributed by atoms with Gasteiger partial charge in [-0.25, -0.2) is 0 Å². The molecule has 1 aliphatic rings. The summed E-state index contributed by atoms with van der Waals surface area (Å²) in [5.74, 6) is 0.132. The van der Waals surface area contributed by atoms with E-state index in [9.17, 15) is 4.79 Å². The number of carbonyl (C=O) groups is 1. The van der Waals surface area contributed by atoms with Gasteiger partial charge in [-0.2, -0.15) is 0 Å². The molecule has 3 nitrogen and oxygen atoms in total. The minimum atomic E-state index is -0.0206. The summed E-state index contributed by atoms with van der Waals surface area (Å²) in [6.45, 7) is 0.778. The van der Waals surface area contributed by atoms with Gasteiger partial charge in [0.1, 0.15) is 0 Å². The van der Waals surface area contributed by atoms with Crippen LogP contribution in [0.25, 0.3) is 0 Å². The maximum Gasteiger partial charge on any atom is 0.240 e. The maximum atomic E-state index is 11.6. The molecule has 0 aliphatic carbocycles. The lowest BCUT2D eigenvalue weighted by atomic mass is 10.4. The molecule has 2 rings (SSSR count). The molecule has 1 aliphatic heterocycles. The summed E-state index contributed by atoms with van der Waals surface area (Å²) in [7, 11) is 0. The average Bonchev–Trinajstić information content (AvgIpc) is 2.49. The minimum Gasteiger partial charge on any atom is -0.310 e. The molecular formula is C9H9BrN2O. The molecule has 0 saturated carbocycles. The highest BCUT2D eigenvalue weighted by Crippen LogP contribution is 2.23. The topological polar surface area (TPSA) is 33.2 Å². The van der Waals surface area contributed by atoms with Gasteiger partial charge in [0.15, 0.2) is 0 Å². The number of hydrogen-bond acceptors (Lipinski definition) is 2. The van der Waals surface area contributed by atoms with Gasteiger partial charge in [0.05, 0.1) is 16.7 Å². The normalized spacial score (nSPS) is 22.4. The van der Waals surface area contributed by atoms with E-state index in [4.69, 9.17) is 0 Å². The number of alkyl halides is 1. The van der Waals surface area contributed by atoms with Crippen LogP contribution in [-0.2, 0) is 4.79 Å². The van der Waals surface area contributed by atoms with Crippen LogP contribution in [0.4, 0.5) is 5.69 Å². The smallest absolute Gasteiger partial charge is 0.240 e. The van der Waals surface area contributed by atoms with Crippen molar-refractivity contribution >= 4 is 27.5 Å². The Morgan fingerprint density at radius 1 is 1.62 bits per heavy atom. The number of aromatic nitrogens is 1. The molecule has 2 heterocycles. The highest BCUT2D eigenvalue weighted by Gasteiger charge is 2.30. The van der Waals surface area contributed by atoms with E-state index in [2.05, 4.69) is 20.9 Å². The zero-order chi connectivity index (χ0) is 9.26. The van der Waals surface area contributed by atoms with Gasteiger partial charge in [-0.15, -0.1) is 0 Å². The predicted octanol–water partition coefficient (Wildman–Crippen LogP) is 1.58. The first kappa shape index (κ1) is 8.69. The lowest BCUT2D eigenvalue weighted by molar-refractivity contribution is -0.116. The third kappa shape index (κ3) is 1.58. The Morgan fingerprint density at radius 3 is 3.00 bits per heavy atom. The van der Waals surface area contributed by atoms with Crippen molar-refractivity contribution in [1.82, 2.24) is 4.98 Å². The first-order chi connectivity index (χ1) is 6.29. The van der Waals surface area contributed by atoms with Gasteiger partial charge >= 0.3 is 0 Å². The molecular weight excluding hydrogens is 232 g/mol. The summed E-state index contributed by atoms with van der Waals surface area (Å²) in [5, 5.41) is 0. The molecule has 0 bridgehead atoms. The fourth-order valence-electron chi connectivity index (χ4n) is 1.41. The van der Waals surface area contributed by atoms with Crippen LogP contribution in [0.1, 0.15) is 6.42 Å². The molecule has 1 aromatic rings. The van der Waals surface area contributed by atoms with Crippen LogP contribution in [0.15, 0.2) is 24.5 Å². The number of pyridine rings is 1. The van der Waals surface area contributed by atoms with Crippen LogP contribution in [-0.4, -0.2) is 22.3 Å². The molecule has 1 saturated heterocycles. The van der Waals surface area contributed by atoms with Crippen molar-refractivity contribution < 1.29 is 4.79 Å². The van der Waals surface area contributed by atoms with E-state index >= 15 is 0 Å². The molecule has 1 atom stereocenters. The van der Waals surface area contributed by atoms with E-state index in [0.717, 1.165) is 18.7 Å². The quantitative estimate of drug-likeness (QED) is 0.699. The summed E-state index contributed by atoms with van der Waals surface area (Å²) < 4.78 is 0. The first-order valence-electron chi connectivity index (χ1n) is 4.14. The molecule has 0 aromatic carbocycles. The lowest BCUT2D eigenvalue weighted by Gasteiger charge is -2.14. The van der Waals surface area contributed by atoms with E-state index in [1.54, 1.807) is 17.3 Å². The standard InChI is InChI=1S/C9H9BrN2O/c10-8-3-5-12(9(8)13)7-2-1-4-11-6-7/h1-2,4,6,8H,3,5H2. The Kier molecular flexibility index (Phi) is 2.31. The zero-order valence-corrected chi connectivity index (χ0v) is 8.57. The molecule has 1 amide bonds. The minimum absolute atomic E-state index is 0.0206. The summed E-state index contributed by atoms with van der Waals surface area (Å²) in [5.41, 5.74) is 0.884. The second-order valence-electron chi connectivity index (χ2n) is 2.96. The predicted molar refractivity (Wildman–Crippen MR) is 53.9 cm³/mol. The van der Waals surface area contributed by atoms with Gasteiger partial charge in [0.25, 0.3) is 0 Å². The molecule has 1 aromatic heterocycles. The van der Waals surface area contributed by atoms with E-state index in [1.165, 1.54) is 0 Å². The molecule has 4 heteroatoms. The Balaban J connectivity index is 2.24. The number of amides is 1. The largest absolute Gasteiger partial charge is 0.310 e. The highest BCUT2D eigenvalue weighted by atomic mass is 79.9. The molecule has 1 unspecified atom stereocenters. The van der Waals surface area contributed by atoms with Gasteiger partial charge < -0.3 is 4.90 Å². The van der Waals surface area contributed by atoms with Crippen molar-refractivity contribution in [1.29, 1.82) is 0 Å². The molecule has 0 spiro atoms. The second kappa shape index (κ2) is 3.46. The first-order valence-corrected chi connectivity index (χ1v) is 5.06. The number of rotatable bonds is 1. The Morgan fingerprint density at radius 2 is 2.46 bits per heavy atom. The van der Waals surface area contributed by atoms with Gasteiger partial charge in [0, 0.05) is 12.7 Å². The van der Waals surface area contributed by atoms with E-state index in [1.807, 2.05) is 12.1 Å². The van der Waals surface area contributed by atoms with Crippen molar-refractivity contribution in [3.63, 3.8) is 0 Å². The third-order valence-corrected chi connectivity index (χ3v) is 2.95. The summed E-state index contributed by atoms with van der Waals surface area (Å²) in [6.07, 6.45) is 4.28. The van der Waals surface area contributed by atoms with E-state index in [0.29, 0.717) is 0 Å². The van der Waals surface area contributed by atoms with Gasteiger partial charge in [0.2, 0.25) is 5.91 Å². The van der Waals surface area contributed by atoms with E-state index in [-0.39, 0.29) is 10.7 Å². The zero-order valence-electron chi connectivity index (χ0n) is 6.98. The number of carbonyl (C=O) groups excluding carboxylic acids is 1. The Bertz CT molecular complexity index is 315. The van der Waals surface area contributed by atoms with Crippen LogP contribution in [0.2, 0.25) is 0 Å². The van der Waals surface area contributed by atoms with Crippen molar-refractivity contribution in [3.05, 3.63) is 24.5 Å². The van der Waals surface area contributed by atoms with Crippen molar-refractivity contribution in [2.75, 3.05) is 11.4 Å². The van der Waals surface area contributed by atoms with Crippen molar-refractivity contribution in [2.24, 2.45) is 0 Å². The summed E-state index contributed by atoms with van der Waals surface area (Å²) in [4.78, 5) is 17.3. The van der Waals surface area contributed by atoms with Crippen LogP contribution in [0.5, 0.6) is 0 Å². The molecule has 0 radical (unpaired) electrons. The fourth-order valence-corrected chi connectivity index (χ4v) is 1.87. The lowest BCUT2D eigenvalue weighted by Crippen LogP contribution is -2.26. The highest BCUT2D eigenvalue weighted by molar-refractivity contribution is 9.10. The van der Waals surface area contributed by atoms with E-state index < -0.39 is 0 Å². The van der Waals surface area contributed by atoms with Gasteiger partial charge in [-0.05, 0) is 18.6 Å². The number of hydrogen-bond donors (Lipinski definition) is 0. The number of anilines is 1. The monoisotopic (exact) mass is 240 g/mol. The third-order valence-electron chi connectivity index (χ3n) is 2.10. The van der Waals surface area contributed by atoms with Gasteiger partial charge in [-0.3, -0.25) is 9.78 Å². The number of nitrogens with zero attached hydrogens (tertiary/aromatic N) is 2. The van der Waals surface area contributed by atoms with Gasteiger partial charge in [-0.1, -0.05) is 15.9 Å². The SMILES string of the molecule is O=C1C(Br)CCN1c1cccnc1. The average molecular weight is 241 g/mol. The second-order valence-corrected chi connectivity index (χ2v) is 4.06. The molecule has 68 valence electrons. The van der Waals surface area contributed by atoms with Crippen LogP contribution >= 0.6 is 15.9 Å².